The predicted octanol–water partition coefficient (Wildman–Crippen LogP) is 4.52. The van der Waals surface area contributed by atoms with Crippen molar-refractivity contribution in [3.05, 3.63) is 64.4 Å². The Labute approximate surface area is 144 Å². The van der Waals surface area contributed by atoms with Crippen LogP contribution in [0.15, 0.2) is 30.5 Å². The van der Waals surface area contributed by atoms with Crippen LogP contribution in [0.25, 0.3) is 21.9 Å². The highest BCUT2D eigenvalue weighted by molar-refractivity contribution is 5.87. The van der Waals surface area contributed by atoms with E-state index < -0.39 is 5.82 Å². The number of nitriles is 1. The van der Waals surface area contributed by atoms with Gasteiger partial charge < -0.3 is 9.97 Å². The molecular weight excluding hydrogens is 315 g/mol. The third kappa shape index (κ3) is 2.47. The van der Waals surface area contributed by atoms with Gasteiger partial charge in [-0.25, -0.2) is 9.37 Å². The number of hydrogen-bond acceptors (Lipinski definition) is 2. The number of halogens is 1. The molecule has 0 atom stereocenters. The Kier molecular flexibility index (Phi) is 3.54. The Morgan fingerprint density at radius 3 is 2.84 bits per heavy atom. The van der Waals surface area contributed by atoms with E-state index in [2.05, 4.69) is 40.9 Å². The lowest BCUT2D eigenvalue weighted by atomic mass is 9.95. The summed E-state index contributed by atoms with van der Waals surface area (Å²) in [5.74, 6) is 0.254. The first-order valence-corrected chi connectivity index (χ1v) is 8.27. The van der Waals surface area contributed by atoms with Crippen molar-refractivity contribution in [2.75, 3.05) is 0 Å². The number of H-pyrrole nitrogens is 2. The van der Waals surface area contributed by atoms with Crippen molar-refractivity contribution >= 4 is 21.9 Å². The van der Waals surface area contributed by atoms with Crippen LogP contribution in [0.2, 0.25) is 0 Å². The van der Waals surface area contributed by atoms with Gasteiger partial charge in [0, 0.05) is 23.5 Å². The highest BCUT2D eigenvalue weighted by atomic mass is 19.1. The van der Waals surface area contributed by atoms with Crippen molar-refractivity contribution in [2.24, 2.45) is 0 Å². The Morgan fingerprint density at radius 2 is 2.08 bits per heavy atom. The minimum absolute atomic E-state index is 0.278. The van der Waals surface area contributed by atoms with Crippen molar-refractivity contribution in [1.82, 2.24) is 15.0 Å². The fourth-order valence-corrected chi connectivity index (χ4v) is 3.50. The predicted molar refractivity (Wildman–Crippen MR) is 96.0 cm³/mol. The van der Waals surface area contributed by atoms with E-state index in [9.17, 15) is 4.39 Å². The molecule has 0 aliphatic heterocycles. The molecule has 2 aromatic carbocycles. The molecule has 2 aromatic heterocycles. The molecule has 4 rings (SSSR count). The van der Waals surface area contributed by atoms with Crippen LogP contribution < -0.4 is 0 Å². The first-order chi connectivity index (χ1) is 12.1. The summed E-state index contributed by atoms with van der Waals surface area (Å²) < 4.78 is 14.2. The van der Waals surface area contributed by atoms with Gasteiger partial charge in [0.05, 0.1) is 17.1 Å². The minimum atomic E-state index is -0.445. The zero-order valence-electron chi connectivity index (χ0n) is 14.1. The van der Waals surface area contributed by atoms with Gasteiger partial charge in [-0.15, -0.1) is 0 Å². The summed E-state index contributed by atoms with van der Waals surface area (Å²) in [6.45, 7) is 4.23. The number of aromatic amines is 2. The van der Waals surface area contributed by atoms with Crippen molar-refractivity contribution < 1.29 is 4.39 Å². The molecule has 5 heteroatoms. The average molecular weight is 332 g/mol. The third-order valence-corrected chi connectivity index (χ3v) is 4.69. The molecule has 2 heterocycles. The summed E-state index contributed by atoms with van der Waals surface area (Å²) in [7, 11) is 0. The molecule has 0 aliphatic carbocycles. The summed E-state index contributed by atoms with van der Waals surface area (Å²) in [6.07, 6.45) is 3.45. The summed E-state index contributed by atoms with van der Waals surface area (Å²) >= 11 is 0. The minimum Gasteiger partial charge on any atom is -0.361 e. The first-order valence-electron chi connectivity index (χ1n) is 8.27. The van der Waals surface area contributed by atoms with Crippen LogP contribution in [0, 0.1) is 24.1 Å². The van der Waals surface area contributed by atoms with E-state index in [0.717, 1.165) is 11.9 Å². The number of nitrogens with one attached hydrogen (secondary N) is 2. The van der Waals surface area contributed by atoms with E-state index in [1.807, 2.05) is 12.3 Å². The van der Waals surface area contributed by atoms with Crippen LogP contribution >= 0.6 is 0 Å². The summed E-state index contributed by atoms with van der Waals surface area (Å²) in [6, 6.07) is 9.09. The van der Waals surface area contributed by atoms with Crippen molar-refractivity contribution in [3.8, 4) is 6.07 Å². The van der Waals surface area contributed by atoms with Gasteiger partial charge in [0.2, 0.25) is 0 Å². The van der Waals surface area contributed by atoms with E-state index >= 15 is 0 Å². The molecule has 4 aromatic rings. The molecule has 0 unspecified atom stereocenters. The molecule has 0 saturated heterocycles. The lowest BCUT2D eigenvalue weighted by molar-refractivity contribution is 0.636. The standard InChI is InChI=1S/C20H17FN4/c1-3-13-6-11(2)19-14(4-5-23-19)15(13)9-18-24-17-8-12(10-22)7-16(21)20(17)25-18/h4-8,23H,3,9H2,1-2H3,(H,24,25). The second-order valence-electron chi connectivity index (χ2n) is 6.28. The number of aromatic nitrogens is 3. The van der Waals surface area contributed by atoms with Crippen molar-refractivity contribution in [3.63, 3.8) is 0 Å². The lowest BCUT2D eigenvalue weighted by Crippen LogP contribution is -1.99. The molecule has 25 heavy (non-hydrogen) atoms. The number of rotatable bonds is 3. The first kappa shape index (κ1) is 15.4. The van der Waals surface area contributed by atoms with Crippen molar-refractivity contribution in [2.45, 2.75) is 26.7 Å². The van der Waals surface area contributed by atoms with Crippen molar-refractivity contribution in [1.29, 1.82) is 5.26 Å². The molecule has 124 valence electrons. The molecule has 0 radical (unpaired) electrons. The quantitative estimate of drug-likeness (QED) is 0.579. The number of hydrogen-bond donors (Lipinski definition) is 2. The SMILES string of the molecule is CCc1cc(C)c2[nH]ccc2c1Cc1nc2cc(C#N)cc(F)c2[nH]1. The second-order valence-corrected chi connectivity index (χ2v) is 6.28. The Balaban J connectivity index is 1.86. The van der Waals surface area contributed by atoms with Gasteiger partial charge in [-0.3, -0.25) is 0 Å². The van der Waals surface area contributed by atoms with Gasteiger partial charge in [-0.05, 0) is 48.2 Å². The third-order valence-electron chi connectivity index (χ3n) is 4.69. The molecule has 0 saturated carbocycles. The molecule has 0 bridgehead atoms. The van der Waals surface area contributed by atoms with Crippen LogP contribution in [-0.2, 0) is 12.8 Å². The number of imidazole rings is 1. The molecule has 0 spiro atoms. The average Bonchev–Trinajstić information content (AvgIpc) is 3.24. The topological polar surface area (TPSA) is 68.3 Å². The van der Waals surface area contributed by atoms with E-state index in [0.29, 0.717) is 23.3 Å². The van der Waals surface area contributed by atoms with Crippen LogP contribution in [0.1, 0.15) is 35.0 Å². The Morgan fingerprint density at radius 1 is 1.24 bits per heavy atom. The van der Waals surface area contributed by atoms with Gasteiger partial charge in [0.1, 0.15) is 17.2 Å². The maximum Gasteiger partial charge on any atom is 0.150 e. The number of aryl methyl sites for hydroxylation is 2. The summed E-state index contributed by atoms with van der Waals surface area (Å²) in [5, 5.41) is 10.2. The second kappa shape index (κ2) is 5.75. The van der Waals surface area contributed by atoms with E-state index in [-0.39, 0.29) is 5.56 Å². The van der Waals surface area contributed by atoms with Gasteiger partial charge >= 0.3 is 0 Å². The molecule has 0 amide bonds. The summed E-state index contributed by atoms with van der Waals surface area (Å²) in [4.78, 5) is 10.9. The zero-order valence-corrected chi connectivity index (χ0v) is 14.1. The van der Waals surface area contributed by atoms with Crippen LogP contribution in [0.5, 0.6) is 0 Å². The number of fused-ring (bicyclic) bond motifs is 2. The number of nitrogens with zero attached hydrogens (tertiary/aromatic N) is 2. The molecule has 2 N–H and O–H groups in total. The molecule has 4 nitrogen and oxygen atoms in total. The highest BCUT2D eigenvalue weighted by Gasteiger charge is 2.14. The van der Waals surface area contributed by atoms with Crippen LogP contribution in [0.3, 0.4) is 0 Å². The smallest absolute Gasteiger partial charge is 0.150 e. The summed E-state index contributed by atoms with van der Waals surface area (Å²) in [5.41, 5.74) is 5.93. The molecule has 0 fully saturated rings. The largest absolute Gasteiger partial charge is 0.361 e. The zero-order chi connectivity index (χ0) is 17.6. The Bertz CT molecular complexity index is 1140. The van der Waals surface area contributed by atoms with E-state index in [1.165, 1.54) is 28.1 Å². The normalized spacial score (nSPS) is 11.3. The fraction of sp³-hybridized carbons (Fsp3) is 0.200. The highest BCUT2D eigenvalue weighted by Crippen LogP contribution is 2.28. The van der Waals surface area contributed by atoms with E-state index in [4.69, 9.17) is 5.26 Å². The lowest BCUT2D eigenvalue weighted by Gasteiger charge is -2.11. The van der Waals surface area contributed by atoms with Gasteiger partial charge in [-0.2, -0.15) is 5.26 Å². The van der Waals surface area contributed by atoms with Crippen LogP contribution in [0.4, 0.5) is 4.39 Å². The van der Waals surface area contributed by atoms with Gasteiger partial charge in [0.25, 0.3) is 0 Å². The monoisotopic (exact) mass is 332 g/mol. The molecule has 0 aliphatic rings. The maximum absolute atomic E-state index is 14.2. The maximum atomic E-state index is 14.2. The van der Waals surface area contributed by atoms with E-state index in [1.54, 1.807) is 6.07 Å². The molecular formula is C20H17FN4. The van der Waals surface area contributed by atoms with Gasteiger partial charge in [0.15, 0.2) is 0 Å². The number of benzene rings is 2. The Hall–Kier alpha value is -3.13. The fourth-order valence-electron chi connectivity index (χ4n) is 3.50. The van der Waals surface area contributed by atoms with Gasteiger partial charge in [-0.1, -0.05) is 13.0 Å². The van der Waals surface area contributed by atoms with Crippen LogP contribution in [-0.4, -0.2) is 15.0 Å².